The third kappa shape index (κ3) is 4.57. The van der Waals surface area contributed by atoms with Crippen molar-refractivity contribution in [1.82, 2.24) is 0 Å². The van der Waals surface area contributed by atoms with Crippen LogP contribution in [0.4, 0.5) is 10.1 Å². The summed E-state index contributed by atoms with van der Waals surface area (Å²) < 4.78 is 49.2. The molecule has 1 aliphatic heterocycles. The molecule has 0 aromatic heterocycles. The number of hydrogen-bond acceptors (Lipinski definition) is 4. The molecule has 0 aliphatic carbocycles. The molecule has 1 atom stereocenters. The van der Waals surface area contributed by atoms with Crippen LogP contribution >= 0.6 is 0 Å². The van der Waals surface area contributed by atoms with Gasteiger partial charge in [0.15, 0.2) is 0 Å². The highest BCUT2D eigenvalue weighted by Gasteiger charge is 2.35. The number of rotatable bonds is 6. The molecule has 33 heavy (non-hydrogen) atoms. The van der Waals surface area contributed by atoms with Gasteiger partial charge in [-0.2, -0.15) is 0 Å². The Morgan fingerprint density at radius 3 is 2.61 bits per heavy atom. The van der Waals surface area contributed by atoms with E-state index in [2.05, 4.69) is 0 Å². The molecular weight excluding hydrogens is 445 g/mol. The summed E-state index contributed by atoms with van der Waals surface area (Å²) in [5.41, 5.74) is 2.45. The second-order valence-corrected chi connectivity index (χ2v) is 10.0. The van der Waals surface area contributed by atoms with Crippen molar-refractivity contribution in [3.05, 3.63) is 77.6 Å². The molecule has 1 aliphatic rings. The van der Waals surface area contributed by atoms with E-state index >= 15 is 0 Å². The van der Waals surface area contributed by atoms with E-state index in [0.29, 0.717) is 28.1 Å². The van der Waals surface area contributed by atoms with Crippen LogP contribution in [0.5, 0.6) is 5.75 Å². The van der Waals surface area contributed by atoms with Gasteiger partial charge < -0.3 is 9.84 Å². The average Bonchev–Trinajstić information content (AvgIpc) is 2.78. The number of aryl methyl sites for hydroxylation is 2. The Balaban J connectivity index is 1.83. The van der Waals surface area contributed by atoms with Crippen molar-refractivity contribution in [1.29, 1.82) is 0 Å². The van der Waals surface area contributed by atoms with Crippen molar-refractivity contribution in [2.75, 3.05) is 10.8 Å². The van der Waals surface area contributed by atoms with Crippen LogP contribution in [0, 0.1) is 19.7 Å². The first-order valence-electron chi connectivity index (χ1n) is 10.5. The van der Waals surface area contributed by atoms with Crippen molar-refractivity contribution in [3.63, 3.8) is 0 Å². The molecule has 0 amide bonds. The molecule has 1 heterocycles. The van der Waals surface area contributed by atoms with Crippen LogP contribution in [-0.4, -0.2) is 32.1 Å². The number of sulfonamides is 1. The van der Waals surface area contributed by atoms with E-state index in [9.17, 15) is 17.6 Å². The predicted octanol–water partition coefficient (Wildman–Crippen LogP) is 4.93. The predicted molar refractivity (Wildman–Crippen MR) is 124 cm³/mol. The van der Waals surface area contributed by atoms with Crippen LogP contribution in [0.15, 0.2) is 65.6 Å². The highest BCUT2D eigenvalue weighted by Crippen LogP contribution is 2.41. The Labute approximate surface area is 192 Å². The van der Waals surface area contributed by atoms with E-state index in [1.165, 1.54) is 10.4 Å². The number of aliphatic carboxylic acids is 1. The minimum atomic E-state index is -3.97. The van der Waals surface area contributed by atoms with Crippen molar-refractivity contribution in [2.45, 2.75) is 37.7 Å². The molecule has 0 unspecified atom stereocenters. The molecule has 0 saturated heterocycles. The Morgan fingerprint density at radius 1 is 1.12 bits per heavy atom. The lowest BCUT2D eigenvalue weighted by Crippen LogP contribution is -2.43. The van der Waals surface area contributed by atoms with Crippen molar-refractivity contribution in [2.24, 2.45) is 0 Å². The van der Waals surface area contributed by atoms with E-state index < -0.39 is 22.1 Å². The lowest BCUT2D eigenvalue weighted by atomic mass is 10.0. The van der Waals surface area contributed by atoms with E-state index in [1.807, 2.05) is 0 Å². The number of halogens is 1. The maximum atomic E-state index is 14.8. The monoisotopic (exact) mass is 469 g/mol. The first-order valence-corrected chi connectivity index (χ1v) is 12.0. The van der Waals surface area contributed by atoms with Gasteiger partial charge in [-0.05, 0) is 61.2 Å². The summed E-state index contributed by atoms with van der Waals surface area (Å²) in [5.74, 6) is -1.05. The summed E-state index contributed by atoms with van der Waals surface area (Å²) in [5, 5.41) is 9.06. The van der Waals surface area contributed by atoms with E-state index in [-0.39, 0.29) is 30.1 Å². The maximum absolute atomic E-state index is 14.8. The van der Waals surface area contributed by atoms with Gasteiger partial charge in [0.1, 0.15) is 17.7 Å². The molecule has 3 aromatic rings. The van der Waals surface area contributed by atoms with Crippen LogP contribution in [0.3, 0.4) is 0 Å². The van der Waals surface area contributed by atoms with Gasteiger partial charge in [-0.3, -0.25) is 9.10 Å². The van der Waals surface area contributed by atoms with Crippen LogP contribution in [0.2, 0.25) is 0 Å². The number of benzene rings is 3. The number of carboxylic acids is 1. The fourth-order valence-corrected chi connectivity index (χ4v) is 5.52. The van der Waals surface area contributed by atoms with Crippen molar-refractivity contribution >= 4 is 21.7 Å². The minimum absolute atomic E-state index is 0.0453. The minimum Gasteiger partial charge on any atom is -0.486 e. The van der Waals surface area contributed by atoms with Crippen LogP contribution in [0.1, 0.15) is 24.0 Å². The Kier molecular flexibility index (Phi) is 6.12. The molecular formula is C25H24FNO5S. The molecule has 1 N–H and O–H groups in total. The quantitative estimate of drug-likeness (QED) is 0.553. The molecule has 3 aromatic carbocycles. The number of carboxylic acid groups (broad SMARTS) is 1. The van der Waals surface area contributed by atoms with E-state index in [4.69, 9.17) is 9.84 Å². The molecule has 4 rings (SSSR count). The third-order valence-electron chi connectivity index (χ3n) is 5.65. The number of fused-ring (bicyclic) bond motifs is 1. The van der Waals surface area contributed by atoms with Crippen molar-refractivity contribution in [3.8, 4) is 16.9 Å². The maximum Gasteiger partial charge on any atom is 0.303 e. The highest BCUT2D eigenvalue weighted by atomic mass is 32.2. The molecule has 0 radical (unpaired) electrons. The molecule has 0 saturated carbocycles. The molecule has 0 bridgehead atoms. The number of anilines is 1. The standard InChI is InChI=1S/C25H24FNO5S/c1-16-5-3-7-20(13-16)33(30,31)27-15-19(10-12-24(28)29)32-23-11-9-18(14-22(23)27)21-8-4-6-17(2)25(21)26/h3-9,11,13-14,19H,10,12,15H2,1-2H3,(H,28,29)/t19-/m0/s1. The number of ether oxygens (including phenoxy) is 1. The number of nitrogens with zero attached hydrogens (tertiary/aromatic N) is 1. The lowest BCUT2D eigenvalue weighted by molar-refractivity contribution is -0.137. The molecule has 0 fully saturated rings. The summed E-state index contributed by atoms with van der Waals surface area (Å²) in [6.07, 6.45) is -0.622. The van der Waals surface area contributed by atoms with Crippen molar-refractivity contribution < 1.29 is 27.4 Å². The second kappa shape index (κ2) is 8.86. The van der Waals surface area contributed by atoms with Gasteiger partial charge in [0.05, 0.1) is 17.1 Å². The molecule has 172 valence electrons. The largest absolute Gasteiger partial charge is 0.486 e. The fourth-order valence-electron chi connectivity index (χ4n) is 3.92. The topological polar surface area (TPSA) is 83.9 Å². The summed E-state index contributed by atoms with van der Waals surface area (Å²) in [6.45, 7) is 3.43. The normalized spacial score (nSPS) is 15.6. The van der Waals surface area contributed by atoms with Gasteiger partial charge in [-0.15, -0.1) is 0 Å². The zero-order chi connectivity index (χ0) is 23.8. The van der Waals surface area contributed by atoms with Gasteiger partial charge >= 0.3 is 5.97 Å². The summed E-state index contributed by atoms with van der Waals surface area (Å²) in [4.78, 5) is 11.2. The summed E-state index contributed by atoms with van der Waals surface area (Å²) in [7, 11) is -3.97. The van der Waals surface area contributed by atoms with E-state index in [1.54, 1.807) is 68.4 Å². The number of hydrogen-bond donors (Lipinski definition) is 1. The van der Waals surface area contributed by atoms with Crippen LogP contribution in [-0.2, 0) is 14.8 Å². The second-order valence-electron chi connectivity index (χ2n) is 8.14. The van der Waals surface area contributed by atoms with Gasteiger partial charge in [-0.25, -0.2) is 12.8 Å². The smallest absolute Gasteiger partial charge is 0.303 e. The molecule has 6 nitrogen and oxygen atoms in total. The molecule has 0 spiro atoms. The Hall–Kier alpha value is -3.39. The fraction of sp³-hybridized carbons (Fsp3) is 0.240. The third-order valence-corrected chi connectivity index (χ3v) is 7.43. The zero-order valence-electron chi connectivity index (χ0n) is 18.3. The molecule has 8 heteroatoms. The van der Waals surface area contributed by atoms with Gasteiger partial charge in [0.2, 0.25) is 0 Å². The Morgan fingerprint density at radius 2 is 1.88 bits per heavy atom. The van der Waals surface area contributed by atoms with Gasteiger partial charge in [0, 0.05) is 12.0 Å². The highest BCUT2D eigenvalue weighted by molar-refractivity contribution is 7.92. The first kappa shape index (κ1) is 22.8. The average molecular weight is 470 g/mol. The lowest BCUT2D eigenvalue weighted by Gasteiger charge is -2.35. The summed E-state index contributed by atoms with van der Waals surface area (Å²) >= 11 is 0. The first-order chi connectivity index (χ1) is 15.7. The number of carbonyl (C=O) groups is 1. The Bertz CT molecular complexity index is 1320. The van der Waals surface area contributed by atoms with Crippen LogP contribution < -0.4 is 9.04 Å². The summed E-state index contributed by atoms with van der Waals surface area (Å²) in [6, 6.07) is 16.5. The zero-order valence-corrected chi connectivity index (χ0v) is 19.1. The van der Waals surface area contributed by atoms with Crippen LogP contribution in [0.25, 0.3) is 11.1 Å². The SMILES string of the molecule is Cc1cccc(S(=O)(=O)N2C[C@H](CCC(=O)O)Oc3ccc(-c4cccc(C)c4F)cc32)c1. The van der Waals surface area contributed by atoms with Gasteiger partial charge in [0.25, 0.3) is 10.0 Å². The van der Waals surface area contributed by atoms with E-state index in [0.717, 1.165) is 5.56 Å². The van der Waals surface area contributed by atoms with Gasteiger partial charge in [-0.1, -0.05) is 36.4 Å².